The lowest BCUT2D eigenvalue weighted by Crippen LogP contribution is -0.481. The lowest BCUT2D eigenvalue weighted by Gasteiger charge is -0.412. The zero-order valence-corrected chi connectivity index (χ0v) is 1.62. The molecule has 0 rings (SSSR count). The Labute approximate surface area is 26.0 Å². The first-order valence-corrected chi connectivity index (χ1v) is 0. The maximum atomic E-state index is 0. The van der Waals surface area contributed by atoms with Gasteiger partial charge in [0.1, 0.15) is 0 Å². The second kappa shape index (κ2) is 1480. The third-order valence-corrected chi connectivity index (χ3v) is 0. The quantitative estimate of drug-likeness (QED) is 0.338. The van der Waals surface area contributed by atoms with Crippen molar-refractivity contribution < 1.29 is 10.2 Å². The van der Waals surface area contributed by atoms with E-state index in [2.05, 4.69) is 0 Å². The van der Waals surface area contributed by atoms with E-state index in [4.69, 9.17) is 0 Å². The van der Waals surface area contributed by atoms with Gasteiger partial charge in [0.2, 0.25) is 0 Å². The fourth-order valence-corrected chi connectivity index (χ4v) is 0. The predicted octanol–water partition coefficient (Wildman–Crippen LogP) is -1.69. The summed E-state index contributed by atoms with van der Waals surface area (Å²) in [6.07, 6.45) is 0. The van der Waals surface area contributed by atoms with Crippen molar-refractivity contribution in [2.45, 2.75) is 0 Å². The molecule has 0 radical (unpaired) electrons. The van der Waals surface area contributed by atoms with Crippen LogP contribution in [-0.2, 0) is 0 Å². The van der Waals surface area contributed by atoms with Gasteiger partial charge < -0.3 is 11.6 Å². The van der Waals surface area contributed by atoms with E-state index in [1.165, 1.54) is 0 Å². The van der Waals surface area contributed by atoms with Crippen molar-refractivity contribution in [1.29, 1.82) is 0 Å². The second-order valence-electron chi connectivity index (χ2n) is 0. The van der Waals surface area contributed by atoms with Gasteiger partial charge in [-0.05, 0) is 0 Å². The van der Waals surface area contributed by atoms with Crippen LogP contribution in [0.3, 0.4) is 0 Å². The molecular weight excluding hydrogens is 59.8 g/mol. The Balaban J connectivity index is 0. The Morgan fingerprint density at radius 3 is 1.00 bits per heavy atom. The van der Waals surface area contributed by atoms with Gasteiger partial charge in [-0.1, -0.05) is 0 Å². The third-order valence-electron chi connectivity index (χ3n) is 0. The zero-order valence-electron chi connectivity index (χ0n) is 1.62. The molecule has 0 saturated carbocycles. The summed E-state index contributed by atoms with van der Waals surface area (Å²) in [7, 11) is 0. The van der Waals surface area contributed by atoms with Crippen molar-refractivity contribution in [3.63, 3.8) is 0 Å². The third kappa shape index (κ3) is 222. The van der Waals surface area contributed by atoms with E-state index >= 15 is 0 Å². The van der Waals surface area contributed by atoms with E-state index in [1.54, 1.807) is 0 Å². The van der Waals surface area contributed by atoms with Crippen molar-refractivity contribution in [2.24, 2.45) is 0 Å². The molecule has 2 nitrogen and oxygen atoms in total. The molecule has 4 heavy (non-hydrogen) atoms. The van der Waals surface area contributed by atoms with Gasteiger partial charge in [-0.15, -0.1) is 0 Å². The highest BCUT2D eigenvalue weighted by atomic mass is 19.0. The molecule has 0 atom stereocenters. The van der Waals surface area contributed by atoms with Crippen molar-refractivity contribution in [2.75, 3.05) is 0 Å². The summed E-state index contributed by atoms with van der Waals surface area (Å²) in [4.78, 5) is 0. The molecule has 0 aliphatic heterocycles. The van der Waals surface area contributed by atoms with Gasteiger partial charge in [0.25, 0.3) is 0 Å². The van der Waals surface area contributed by atoms with Crippen LogP contribution in [0.4, 0.5) is 4.70 Å². The van der Waals surface area contributed by atoms with E-state index in [1.807, 2.05) is 0 Å². The Hall–Kier alpha value is -0.0851. The highest BCUT2D eigenvalue weighted by Gasteiger charge is 0.0814. The molecule has 0 aliphatic carbocycles. The molecule has 0 saturated heterocycles. The molecule has 0 aromatic rings. The molecule has 0 heterocycles. The molecule has 0 unspecified atom stereocenters. The second-order valence-corrected chi connectivity index (χ2v) is 0. The van der Waals surface area contributed by atoms with Gasteiger partial charge in [0.05, 0.1) is 8.41 Å². The number of halogens is 1. The van der Waals surface area contributed by atoms with Gasteiger partial charge in [-0.25, -0.2) is 0 Å². The summed E-state index contributed by atoms with van der Waals surface area (Å²) in [6, 6.07) is 0. The fraction of sp³-hybridized carbons (Fsp3) is 0. The van der Waals surface area contributed by atoms with Crippen LogP contribution in [-0.4, -0.2) is 13.9 Å². The SMILES string of the molecule is B.F.N.O. The average Bonchev–Trinajstić information content (AvgIpc) is 0. The summed E-state index contributed by atoms with van der Waals surface area (Å²) in [5.41, 5.74) is 0. The van der Waals surface area contributed by atoms with Crippen LogP contribution in [0, 0.1) is 0 Å². The summed E-state index contributed by atoms with van der Waals surface area (Å²) in [5.74, 6) is 0. The Kier molecular flexibility index (Phi) is 1700000. The van der Waals surface area contributed by atoms with Crippen LogP contribution in [0.5, 0.6) is 0 Å². The van der Waals surface area contributed by atoms with Crippen LogP contribution >= 0.6 is 0 Å². The first-order chi connectivity index (χ1) is 0. The zero-order chi connectivity index (χ0) is 0. The van der Waals surface area contributed by atoms with Gasteiger partial charge >= 0.3 is 0 Å². The Morgan fingerprint density at radius 2 is 1.00 bits per heavy atom. The normalized spacial score (nSPS) is 0. The maximum Gasteiger partial charge on any atom is 0.0814 e. The minimum absolute atomic E-state index is 0. The summed E-state index contributed by atoms with van der Waals surface area (Å²) >= 11 is 0. The molecule has 5 N–H and O–H groups in total. The fourth-order valence-electron chi connectivity index (χ4n) is 0. The van der Waals surface area contributed by atoms with E-state index in [0.29, 0.717) is 0 Å². The molecule has 0 aromatic heterocycles. The molecule has 30 valence electrons. The maximum absolute atomic E-state index is 0. The Morgan fingerprint density at radius 1 is 1.00 bits per heavy atom. The lowest BCUT2D eigenvalue weighted by atomic mass is 10.8. The number of rotatable bonds is 0. The van der Waals surface area contributed by atoms with Crippen molar-refractivity contribution in [3.8, 4) is 0 Å². The van der Waals surface area contributed by atoms with Crippen LogP contribution < -0.4 is 6.15 Å². The molecule has 0 fully saturated rings. The van der Waals surface area contributed by atoms with Crippen molar-refractivity contribution >= 4 is 8.41 Å². The summed E-state index contributed by atoms with van der Waals surface area (Å²) in [5, 5.41) is 0. The molecule has 0 aromatic carbocycles. The van der Waals surface area contributed by atoms with Gasteiger partial charge in [-0.3, -0.25) is 4.70 Å². The largest absolute Gasteiger partial charge is 0.412 e. The topological polar surface area (TPSA) is 66.5 Å². The summed E-state index contributed by atoms with van der Waals surface area (Å²) in [6.45, 7) is 0. The molecule has 0 aliphatic rings. The Bertz CT molecular complexity index is 8.00. The molecule has 0 bridgehead atoms. The monoisotopic (exact) mass is 69.1 g/mol. The van der Waals surface area contributed by atoms with E-state index in [-0.39, 0.29) is 24.7 Å². The molecule has 0 spiro atoms. The van der Waals surface area contributed by atoms with E-state index < -0.39 is 0 Å². The number of hydrogen-bond donors (Lipinski definition) is 1. The standard InChI is InChI=1S/BH3.FH.H3N.H2O/h1H3;1H;1H3;1H2. The van der Waals surface area contributed by atoms with Crippen molar-refractivity contribution in [3.05, 3.63) is 0 Å². The van der Waals surface area contributed by atoms with Crippen LogP contribution in [0.25, 0.3) is 0 Å². The smallest absolute Gasteiger partial charge is 0.0814 e. The van der Waals surface area contributed by atoms with Crippen molar-refractivity contribution in [1.82, 2.24) is 6.15 Å². The van der Waals surface area contributed by atoms with Gasteiger partial charge in [-0.2, -0.15) is 0 Å². The molecular formula is H9BFNO. The van der Waals surface area contributed by atoms with E-state index in [0.717, 1.165) is 0 Å². The molecule has 0 amide bonds. The van der Waals surface area contributed by atoms with Crippen LogP contribution in [0.2, 0.25) is 0 Å². The highest BCUT2D eigenvalue weighted by molar-refractivity contribution is 5.75. The predicted molar refractivity (Wildman–Crippen MR) is 21.1 cm³/mol. The van der Waals surface area contributed by atoms with E-state index in [9.17, 15) is 0 Å². The van der Waals surface area contributed by atoms with Gasteiger partial charge in [0.15, 0.2) is 0 Å². The summed E-state index contributed by atoms with van der Waals surface area (Å²) < 4.78 is 0. The van der Waals surface area contributed by atoms with Gasteiger partial charge in [0, 0.05) is 0 Å². The minimum atomic E-state index is 0. The minimum Gasteiger partial charge on any atom is -0.412 e. The lowest BCUT2D eigenvalue weighted by molar-refractivity contribution is 0.824. The number of hydrogen-bond acceptors (Lipinski definition) is 1. The molecule has 4 heteroatoms. The first-order valence-electron chi connectivity index (χ1n) is 0. The first kappa shape index (κ1) is 4600. The average molecular weight is 68.9 g/mol. The van der Waals surface area contributed by atoms with Crippen LogP contribution in [0.1, 0.15) is 0 Å². The highest BCUT2D eigenvalue weighted by Crippen LogP contribution is 0.420. The van der Waals surface area contributed by atoms with Crippen LogP contribution in [0.15, 0.2) is 0 Å².